The second-order valence-electron chi connectivity index (χ2n) is 3.56. The lowest BCUT2D eigenvalue weighted by molar-refractivity contribution is 0.101. The fraction of sp³-hybridized carbons (Fsp3) is 0.167. The summed E-state index contributed by atoms with van der Waals surface area (Å²) in [4.78, 5) is 15.1. The van der Waals surface area contributed by atoms with E-state index in [1.807, 2.05) is 35.8 Å². The molecule has 1 heterocycles. The van der Waals surface area contributed by atoms with Gasteiger partial charge in [0.25, 0.3) is 0 Å². The first kappa shape index (κ1) is 9.65. The maximum Gasteiger partial charge on any atom is 0.179 e. The van der Waals surface area contributed by atoms with E-state index in [-0.39, 0.29) is 5.78 Å². The Balaban J connectivity index is 2.37. The van der Waals surface area contributed by atoms with Gasteiger partial charge in [0, 0.05) is 18.8 Å². The Morgan fingerprint density at radius 3 is 2.47 bits per heavy atom. The number of imidazole rings is 1. The van der Waals surface area contributed by atoms with Crippen LogP contribution >= 0.6 is 0 Å². The normalized spacial score (nSPS) is 10.3. The fourth-order valence-electron chi connectivity index (χ4n) is 1.36. The van der Waals surface area contributed by atoms with Crippen LogP contribution in [0, 0.1) is 6.92 Å². The topological polar surface area (TPSA) is 34.9 Å². The molecule has 0 atom stereocenters. The molecule has 15 heavy (non-hydrogen) atoms. The zero-order chi connectivity index (χ0) is 10.8. The highest BCUT2D eigenvalue weighted by molar-refractivity contribution is 5.91. The number of hydrogen-bond acceptors (Lipinski definition) is 2. The van der Waals surface area contributed by atoms with E-state index in [4.69, 9.17) is 0 Å². The summed E-state index contributed by atoms with van der Waals surface area (Å²) in [6.45, 7) is 3.56. The summed E-state index contributed by atoms with van der Waals surface area (Å²) in [7, 11) is 0. The fourth-order valence-corrected chi connectivity index (χ4v) is 1.36. The van der Waals surface area contributed by atoms with E-state index >= 15 is 0 Å². The third-order valence-corrected chi connectivity index (χ3v) is 2.28. The highest BCUT2D eigenvalue weighted by atomic mass is 16.1. The van der Waals surface area contributed by atoms with E-state index in [9.17, 15) is 4.79 Å². The highest BCUT2D eigenvalue weighted by Gasteiger charge is 2.04. The van der Waals surface area contributed by atoms with Crippen LogP contribution in [0.5, 0.6) is 0 Å². The minimum Gasteiger partial charge on any atom is -0.306 e. The molecule has 3 nitrogen and oxygen atoms in total. The molecule has 0 bridgehead atoms. The van der Waals surface area contributed by atoms with Crippen LogP contribution in [0.1, 0.15) is 23.0 Å². The number of hydrogen-bond donors (Lipinski definition) is 0. The third kappa shape index (κ3) is 1.96. The Kier molecular flexibility index (Phi) is 2.37. The number of carbonyl (C=O) groups is 1. The van der Waals surface area contributed by atoms with Gasteiger partial charge in [-0.15, -0.1) is 0 Å². The van der Waals surface area contributed by atoms with Gasteiger partial charge in [0.15, 0.2) is 5.78 Å². The van der Waals surface area contributed by atoms with Crippen LogP contribution in [0.2, 0.25) is 0 Å². The molecule has 0 fully saturated rings. The molecule has 0 aliphatic carbocycles. The van der Waals surface area contributed by atoms with Crippen LogP contribution in [0.15, 0.2) is 36.8 Å². The molecule has 0 saturated heterocycles. The summed E-state index contributed by atoms with van der Waals surface area (Å²) in [5, 5.41) is 0. The lowest BCUT2D eigenvalue weighted by atomic mass is 10.2. The summed E-state index contributed by atoms with van der Waals surface area (Å²) in [5.74, 6) is -0.0131. The van der Waals surface area contributed by atoms with Crippen molar-refractivity contribution in [1.82, 2.24) is 9.55 Å². The average Bonchev–Trinajstić information content (AvgIpc) is 2.68. The Morgan fingerprint density at radius 2 is 1.93 bits per heavy atom. The largest absolute Gasteiger partial charge is 0.306 e. The Bertz CT molecular complexity index is 483. The standard InChI is InChI=1S/C12H12N2O/c1-9-3-5-11(6-4-9)14-7-12(10(2)15)13-8-14/h3-8H,1-2H3. The van der Waals surface area contributed by atoms with Gasteiger partial charge in [0.2, 0.25) is 0 Å². The molecule has 2 aromatic rings. The van der Waals surface area contributed by atoms with Crippen molar-refractivity contribution in [2.75, 3.05) is 0 Å². The van der Waals surface area contributed by atoms with Crippen LogP contribution in [0.3, 0.4) is 0 Å². The second-order valence-corrected chi connectivity index (χ2v) is 3.56. The van der Waals surface area contributed by atoms with Crippen molar-refractivity contribution < 1.29 is 4.79 Å². The Labute approximate surface area is 88.4 Å². The summed E-state index contributed by atoms with van der Waals surface area (Å²) in [6, 6.07) is 8.06. The first-order valence-corrected chi connectivity index (χ1v) is 4.79. The van der Waals surface area contributed by atoms with Crippen molar-refractivity contribution in [2.24, 2.45) is 0 Å². The number of nitrogens with zero attached hydrogens (tertiary/aromatic N) is 2. The van der Waals surface area contributed by atoms with Crippen LogP contribution < -0.4 is 0 Å². The molecule has 0 aliphatic rings. The van der Waals surface area contributed by atoms with Gasteiger partial charge in [0.1, 0.15) is 12.0 Å². The van der Waals surface area contributed by atoms with Gasteiger partial charge in [-0.25, -0.2) is 4.98 Å². The molecule has 0 saturated carbocycles. The lowest BCUT2D eigenvalue weighted by Crippen LogP contribution is -1.92. The number of ketones is 1. The second kappa shape index (κ2) is 3.69. The van der Waals surface area contributed by atoms with Gasteiger partial charge < -0.3 is 4.57 Å². The summed E-state index contributed by atoms with van der Waals surface area (Å²) in [5.41, 5.74) is 2.72. The number of rotatable bonds is 2. The van der Waals surface area contributed by atoms with Crippen molar-refractivity contribution >= 4 is 5.78 Å². The average molecular weight is 200 g/mol. The summed E-state index contributed by atoms with van der Waals surface area (Å²) < 4.78 is 1.84. The minimum absolute atomic E-state index is 0.0131. The molecular weight excluding hydrogens is 188 g/mol. The van der Waals surface area contributed by atoms with Gasteiger partial charge in [-0.3, -0.25) is 4.79 Å². The van der Waals surface area contributed by atoms with E-state index in [1.54, 1.807) is 12.5 Å². The molecule has 0 amide bonds. The predicted molar refractivity (Wildman–Crippen MR) is 58.3 cm³/mol. The zero-order valence-electron chi connectivity index (χ0n) is 8.77. The van der Waals surface area contributed by atoms with Crippen molar-refractivity contribution in [1.29, 1.82) is 0 Å². The van der Waals surface area contributed by atoms with Crippen LogP contribution in [-0.4, -0.2) is 15.3 Å². The number of Topliss-reactive ketones (excluding diaryl/α,β-unsaturated/α-hetero) is 1. The molecule has 0 unspecified atom stereocenters. The van der Waals surface area contributed by atoms with Gasteiger partial charge >= 0.3 is 0 Å². The van der Waals surface area contributed by atoms with Crippen molar-refractivity contribution in [3.8, 4) is 5.69 Å². The number of carbonyl (C=O) groups excluding carboxylic acids is 1. The quantitative estimate of drug-likeness (QED) is 0.697. The van der Waals surface area contributed by atoms with Gasteiger partial charge in [-0.1, -0.05) is 17.7 Å². The van der Waals surface area contributed by atoms with Crippen LogP contribution in [-0.2, 0) is 0 Å². The summed E-state index contributed by atoms with van der Waals surface area (Å²) in [6.07, 6.45) is 3.40. The zero-order valence-corrected chi connectivity index (χ0v) is 8.77. The lowest BCUT2D eigenvalue weighted by Gasteiger charge is -2.01. The van der Waals surface area contributed by atoms with Crippen molar-refractivity contribution in [3.05, 3.63) is 48.0 Å². The smallest absolute Gasteiger partial charge is 0.179 e. The molecule has 1 aromatic heterocycles. The van der Waals surface area contributed by atoms with Gasteiger partial charge in [-0.05, 0) is 19.1 Å². The Hall–Kier alpha value is -1.90. The minimum atomic E-state index is -0.0131. The van der Waals surface area contributed by atoms with Crippen molar-refractivity contribution in [3.63, 3.8) is 0 Å². The monoisotopic (exact) mass is 200 g/mol. The number of aryl methyl sites for hydroxylation is 1. The SMILES string of the molecule is CC(=O)c1cn(-c2ccc(C)cc2)cn1. The van der Waals surface area contributed by atoms with Gasteiger partial charge in [0.05, 0.1) is 0 Å². The molecule has 0 aliphatic heterocycles. The molecule has 76 valence electrons. The maximum absolute atomic E-state index is 11.1. The first-order valence-electron chi connectivity index (χ1n) is 4.79. The van der Waals surface area contributed by atoms with Crippen molar-refractivity contribution in [2.45, 2.75) is 13.8 Å². The molecule has 0 spiro atoms. The van der Waals surface area contributed by atoms with Gasteiger partial charge in [-0.2, -0.15) is 0 Å². The predicted octanol–water partition coefficient (Wildman–Crippen LogP) is 2.38. The molecule has 3 heteroatoms. The van der Waals surface area contributed by atoms with E-state index in [2.05, 4.69) is 4.98 Å². The highest BCUT2D eigenvalue weighted by Crippen LogP contribution is 2.10. The van der Waals surface area contributed by atoms with E-state index in [0.29, 0.717) is 5.69 Å². The number of aromatic nitrogens is 2. The molecule has 0 N–H and O–H groups in total. The third-order valence-electron chi connectivity index (χ3n) is 2.28. The van der Waals surface area contributed by atoms with E-state index in [1.165, 1.54) is 12.5 Å². The van der Waals surface area contributed by atoms with Crippen LogP contribution in [0.4, 0.5) is 0 Å². The Morgan fingerprint density at radius 1 is 1.27 bits per heavy atom. The first-order chi connectivity index (χ1) is 7.16. The summed E-state index contributed by atoms with van der Waals surface area (Å²) >= 11 is 0. The van der Waals surface area contributed by atoms with E-state index in [0.717, 1.165) is 5.69 Å². The molecular formula is C12H12N2O. The molecule has 0 radical (unpaired) electrons. The maximum atomic E-state index is 11.1. The molecule has 1 aromatic carbocycles. The molecule has 2 rings (SSSR count). The van der Waals surface area contributed by atoms with E-state index < -0.39 is 0 Å². The van der Waals surface area contributed by atoms with Crippen LogP contribution in [0.25, 0.3) is 5.69 Å². The number of benzene rings is 1.